The third kappa shape index (κ3) is 2.87. The van der Waals surface area contributed by atoms with Crippen LogP contribution in [0.3, 0.4) is 0 Å². The lowest BCUT2D eigenvalue weighted by Gasteiger charge is -2.20. The number of carbonyl (C=O) groups excluding carboxylic acids is 1. The van der Waals surface area contributed by atoms with Crippen molar-refractivity contribution < 1.29 is 9.90 Å². The maximum absolute atomic E-state index is 11.1. The molecule has 0 spiro atoms. The van der Waals surface area contributed by atoms with E-state index in [0.29, 0.717) is 5.92 Å². The molecular formula is C13H16BrNO2. The van der Waals surface area contributed by atoms with Crippen molar-refractivity contribution in [3.63, 3.8) is 0 Å². The van der Waals surface area contributed by atoms with E-state index in [4.69, 9.17) is 5.11 Å². The van der Waals surface area contributed by atoms with Crippen LogP contribution in [0.5, 0.6) is 0 Å². The van der Waals surface area contributed by atoms with Crippen molar-refractivity contribution in [2.24, 2.45) is 5.92 Å². The summed E-state index contributed by atoms with van der Waals surface area (Å²) in [6.07, 6.45) is 2.85. The van der Waals surface area contributed by atoms with Crippen LogP contribution >= 0.6 is 15.9 Å². The van der Waals surface area contributed by atoms with Crippen molar-refractivity contribution in [1.82, 2.24) is 0 Å². The third-order valence-corrected chi connectivity index (χ3v) is 3.77. The van der Waals surface area contributed by atoms with Crippen LogP contribution in [0.1, 0.15) is 23.2 Å². The summed E-state index contributed by atoms with van der Waals surface area (Å²) in [6, 6.07) is 5.79. The van der Waals surface area contributed by atoms with Gasteiger partial charge in [-0.3, -0.25) is 4.79 Å². The first-order valence-corrected chi connectivity index (χ1v) is 6.64. The fourth-order valence-electron chi connectivity index (χ4n) is 2.38. The summed E-state index contributed by atoms with van der Waals surface area (Å²) >= 11 is 3.37. The second-order valence-electron chi connectivity index (χ2n) is 4.43. The Balaban J connectivity index is 2.15. The minimum Gasteiger partial charge on any atom is -0.396 e. The predicted molar refractivity (Wildman–Crippen MR) is 71.6 cm³/mol. The lowest BCUT2D eigenvalue weighted by molar-refractivity contribution is 0.112. The highest BCUT2D eigenvalue weighted by molar-refractivity contribution is 9.10. The first-order chi connectivity index (χ1) is 8.24. The zero-order valence-electron chi connectivity index (χ0n) is 9.60. The molecular weight excluding hydrogens is 282 g/mol. The van der Waals surface area contributed by atoms with E-state index in [1.165, 1.54) is 0 Å². The molecule has 0 saturated carbocycles. The van der Waals surface area contributed by atoms with Gasteiger partial charge in [0.15, 0.2) is 6.29 Å². The Bertz CT molecular complexity index is 408. The highest BCUT2D eigenvalue weighted by Gasteiger charge is 2.23. The number of benzene rings is 1. The van der Waals surface area contributed by atoms with Gasteiger partial charge >= 0.3 is 0 Å². The van der Waals surface area contributed by atoms with E-state index in [0.717, 1.165) is 47.9 Å². The van der Waals surface area contributed by atoms with Gasteiger partial charge in [0.05, 0.1) is 0 Å². The summed E-state index contributed by atoms with van der Waals surface area (Å²) in [5, 5.41) is 8.94. The summed E-state index contributed by atoms with van der Waals surface area (Å²) in [5.41, 5.74) is 1.73. The maximum Gasteiger partial charge on any atom is 0.152 e. The molecule has 92 valence electrons. The number of aliphatic hydroxyl groups is 1. The predicted octanol–water partition coefficient (Wildman–Crippen LogP) is 2.47. The van der Waals surface area contributed by atoms with Gasteiger partial charge in [-0.05, 0) is 37.0 Å². The molecule has 17 heavy (non-hydrogen) atoms. The Morgan fingerprint density at radius 3 is 3.06 bits per heavy atom. The van der Waals surface area contributed by atoms with Crippen LogP contribution in [0.4, 0.5) is 5.69 Å². The fourth-order valence-corrected chi connectivity index (χ4v) is 2.76. The van der Waals surface area contributed by atoms with Gasteiger partial charge in [-0.2, -0.15) is 0 Å². The van der Waals surface area contributed by atoms with E-state index in [1.807, 2.05) is 18.2 Å². The quantitative estimate of drug-likeness (QED) is 0.868. The molecule has 0 aliphatic carbocycles. The van der Waals surface area contributed by atoms with Crippen molar-refractivity contribution in [1.29, 1.82) is 0 Å². The minimum absolute atomic E-state index is 0.249. The zero-order chi connectivity index (χ0) is 12.3. The van der Waals surface area contributed by atoms with E-state index in [9.17, 15) is 4.79 Å². The van der Waals surface area contributed by atoms with E-state index < -0.39 is 0 Å². The first-order valence-electron chi connectivity index (χ1n) is 5.85. The SMILES string of the molecule is O=Cc1cc(Br)ccc1N1CCC(CCO)C1. The molecule has 1 N–H and O–H groups in total. The van der Waals surface area contributed by atoms with Crippen LogP contribution < -0.4 is 4.90 Å². The molecule has 3 nitrogen and oxygen atoms in total. The monoisotopic (exact) mass is 297 g/mol. The second kappa shape index (κ2) is 5.65. The van der Waals surface area contributed by atoms with Crippen molar-refractivity contribution in [3.05, 3.63) is 28.2 Å². The van der Waals surface area contributed by atoms with E-state index in [-0.39, 0.29) is 6.61 Å². The number of hydrogen-bond acceptors (Lipinski definition) is 3. The van der Waals surface area contributed by atoms with Crippen LogP contribution in [0, 0.1) is 5.92 Å². The molecule has 1 unspecified atom stereocenters. The lowest BCUT2D eigenvalue weighted by Crippen LogP contribution is -2.21. The average molecular weight is 298 g/mol. The smallest absolute Gasteiger partial charge is 0.152 e. The van der Waals surface area contributed by atoms with Crippen LogP contribution in [-0.2, 0) is 0 Å². The normalized spacial score (nSPS) is 19.6. The molecule has 1 atom stereocenters. The maximum atomic E-state index is 11.1. The van der Waals surface area contributed by atoms with Crippen molar-refractivity contribution in [3.8, 4) is 0 Å². The molecule has 4 heteroatoms. The van der Waals surface area contributed by atoms with Crippen LogP contribution in [0.2, 0.25) is 0 Å². The summed E-state index contributed by atoms with van der Waals surface area (Å²) < 4.78 is 0.925. The largest absolute Gasteiger partial charge is 0.396 e. The molecule has 1 aromatic rings. The summed E-state index contributed by atoms with van der Waals surface area (Å²) in [6.45, 7) is 2.15. The van der Waals surface area contributed by atoms with Crippen molar-refractivity contribution in [2.45, 2.75) is 12.8 Å². The summed E-state index contributed by atoms with van der Waals surface area (Å²) in [7, 11) is 0. The van der Waals surface area contributed by atoms with Crippen LogP contribution in [-0.4, -0.2) is 31.1 Å². The van der Waals surface area contributed by atoms with E-state index >= 15 is 0 Å². The Kier molecular flexibility index (Phi) is 4.18. The van der Waals surface area contributed by atoms with Gasteiger partial charge in [-0.1, -0.05) is 15.9 Å². The first kappa shape index (κ1) is 12.6. The number of anilines is 1. The lowest BCUT2D eigenvalue weighted by atomic mass is 10.1. The van der Waals surface area contributed by atoms with Gasteiger partial charge in [0.1, 0.15) is 0 Å². The molecule has 1 fully saturated rings. The van der Waals surface area contributed by atoms with Gasteiger partial charge in [0, 0.05) is 35.4 Å². The highest BCUT2D eigenvalue weighted by Crippen LogP contribution is 2.29. The van der Waals surface area contributed by atoms with Gasteiger partial charge < -0.3 is 10.0 Å². The number of hydrogen-bond donors (Lipinski definition) is 1. The van der Waals surface area contributed by atoms with Crippen molar-refractivity contribution in [2.75, 3.05) is 24.6 Å². The Morgan fingerprint density at radius 2 is 2.35 bits per heavy atom. The number of halogens is 1. The Labute approximate surface area is 110 Å². The van der Waals surface area contributed by atoms with Crippen LogP contribution in [0.25, 0.3) is 0 Å². The van der Waals surface area contributed by atoms with Crippen molar-refractivity contribution >= 4 is 27.9 Å². The van der Waals surface area contributed by atoms with Gasteiger partial charge in [0.25, 0.3) is 0 Å². The summed E-state index contributed by atoms with van der Waals surface area (Å²) in [4.78, 5) is 13.3. The molecule has 1 heterocycles. The molecule has 1 aliphatic heterocycles. The van der Waals surface area contributed by atoms with Crippen LogP contribution in [0.15, 0.2) is 22.7 Å². The van der Waals surface area contributed by atoms with Gasteiger partial charge in [0.2, 0.25) is 0 Å². The number of rotatable bonds is 4. The number of nitrogens with zero attached hydrogens (tertiary/aromatic N) is 1. The molecule has 2 rings (SSSR count). The third-order valence-electron chi connectivity index (χ3n) is 3.28. The zero-order valence-corrected chi connectivity index (χ0v) is 11.2. The molecule has 0 aromatic heterocycles. The number of carbonyl (C=O) groups is 1. The molecule has 1 aliphatic rings. The Morgan fingerprint density at radius 1 is 1.53 bits per heavy atom. The van der Waals surface area contributed by atoms with Gasteiger partial charge in [-0.25, -0.2) is 0 Å². The van der Waals surface area contributed by atoms with E-state index in [1.54, 1.807) is 0 Å². The molecule has 1 saturated heterocycles. The number of aliphatic hydroxyl groups excluding tert-OH is 1. The standard InChI is InChI=1S/C13H16BrNO2/c14-12-1-2-13(11(7-12)9-17)15-5-3-10(8-15)4-6-16/h1-2,7,9-10,16H,3-6,8H2. The minimum atomic E-state index is 0.249. The van der Waals surface area contributed by atoms with Gasteiger partial charge in [-0.15, -0.1) is 0 Å². The molecule has 0 radical (unpaired) electrons. The second-order valence-corrected chi connectivity index (χ2v) is 5.35. The molecule has 0 amide bonds. The molecule has 1 aromatic carbocycles. The average Bonchev–Trinajstić information content (AvgIpc) is 2.78. The molecule has 0 bridgehead atoms. The summed E-state index contributed by atoms with van der Waals surface area (Å²) in [5.74, 6) is 0.545. The number of aldehydes is 1. The Hall–Kier alpha value is -0.870. The fraction of sp³-hybridized carbons (Fsp3) is 0.462. The topological polar surface area (TPSA) is 40.5 Å². The highest BCUT2D eigenvalue weighted by atomic mass is 79.9. The van der Waals surface area contributed by atoms with E-state index in [2.05, 4.69) is 20.8 Å².